The van der Waals surface area contributed by atoms with Gasteiger partial charge in [0, 0.05) is 12.2 Å². The van der Waals surface area contributed by atoms with Crippen molar-refractivity contribution in [1.29, 1.82) is 0 Å². The maximum Gasteiger partial charge on any atom is 0.310 e. The number of rotatable bonds is 11. The Morgan fingerprint density at radius 3 is 1.89 bits per heavy atom. The summed E-state index contributed by atoms with van der Waals surface area (Å²) < 4.78 is 19.1. The Hall–Kier alpha value is -1.12. The van der Waals surface area contributed by atoms with Gasteiger partial charge < -0.3 is 13.6 Å². The predicted molar refractivity (Wildman–Crippen MR) is 159 cm³/mol. The van der Waals surface area contributed by atoms with Crippen LogP contribution in [-0.4, -0.2) is 35.8 Å². The summed E-state index contributed by atoms with van der Waals surface area (Å²) in [5, 5.41) is 0.239. The molecule has 1 aromatic rings. The maximum absolute atomic E-state index is 12.8. The van der Waals surface area contributed by atoms with Gasteiger partial charge in [-0.05, 0) is 78.1 Å². The van der Waals surface area contributed by atoms with Crippen LogP contribution >= 0.6 is 0 Å². The molecule has 0 N–H and O–H groups in total. The van der Waals surface area contributed by atoms with E-state index in [1.165, 1.54) is 0 Å². The normalized spacial score (nSPS) is 13.8. The molecule has 0 unspecified atom stereocenters. The van der Waals surface area contributed by atoms with Gasteiger partial charge >= 0.3 is 5.97 Å². The van der Waals surface area contributed by atoms with Gasteiger partial charge in [-0.1, -0.05) is 75.3 Å². The third kappa shape index (κ3) is 9.02. The fraction of sp³-hybridized carbons (Fsp3) is 0.767. The molecule has 0 bridgehead atoms. The maximum atomic E-state index is 12.8. The fourth-order valence-corrected chi connectivity index (χ4v) is 5.67. The molecule has 0 aliphatic heterocycles. The number of aryl methyl sites for hydroxylation is 1. The number of carbonyl (C=O) groups is 1. The van der Waals surface area contributed by atoms with Crippen LogP contribution in [0.15, 0.2) is 12.1 Å². The first-order chi connectivity index (χ1) is 16.0. The Morgan fingerprint density at radius 2 is 1.42 bits per heavy atom. The number of hydrogen-bond acceptors (Lipinski definition) is 4. The average molecular weight is 537 g/mol. The van der Waals surface area contributed by atoms with Crippen molar-refractivity contribution in [2.45, 2.75) is 131 Å². The Kier molecular flexibility index (Phi) is 10.7. The molecule has 0 amide bonds. The zero-order chi connectivity index (χ0) is 28.3. The van der Waals surface area contributed by atoms with E-state index in [4.69, 9.17) is 13.6 Å². The molecule has 208 valence electrons. The van der Waals surface area contributed by atoms with Crippen molar-refractivity contribution in [2.75, 3.05) is 13.2 Å². The highest BCUT2D eigenvalue weighted by Crippen LogP contribution is 2.44. The van der Waals surface area contributed by atoms with E-state index in [2.05, 4.69) is 114 Å². The van der Waals surface area contributed by atoms with Crippen molar-refractivity contribution in [2.24, 2.45) is 5.92 Å². The molecule has 0 atom stereocenters. The van der Waals surface area contributed by atoms with Gasteiger partial charge in [-0.2, -0.15) is 0 Å². The predicted octanol–water partition coefficient (Wildman–Crippen LogP) is 8.81. The lowest BCUT2D eigenvalue weighted by atomic mass is 9.77. The molecule has 0 saturated heterocycles. The summed E-state index contributed by atoms with van der Waals surface area (Å²) >= 11 is 0. The number of hydrogen-bond donors (Lipinski definition) is 0. The fourth-order valence-electron chi connectivity index (χ4n) is 3.61. The minimum absolute atomic E-state index is 0.0694. The molecule has 36 heavy (non-hydrogen) atoms. The van der Waals surface area contributed by atoms with E-state index in [9.17, 15) is 4.79 Å². The highest BCUT2D eigenvalue weighted by Gasteiger charge is 2.41. The highest BCUT2D eigenvalue weighted by atomic mass is 28.4. The molecule has 0 aliphatic carbocycles. The Balaban J connectivity index is 3.48. The van der Waals surface area contributed by atoms with Crippen molar-refractivity contribution in [3.63, 3.8) is 0 Å². The van der Waals surface area contributed by atoms with Crippen molar-refractivity contribution in [3.8, 4) is 5.75 Å². The van der Waals surface area contributed by atoms with E-state index in [1.54, 1.807) is 0 Å². The summed E-state index contributed by atoms with van der Waals surface area (Å²) in [4.78, 5) is 12.8. The summed E-state index contributed by atoms with van der Waals surface area (Å²) in [5.41, 5.74) is 3.00. The van der Waals surface area contributed by atoms with Crippen LogP contribution in [0.2, 0.25) is 36.3 Å². The lowest BCUT2D eigenvalue weighted by Gasteiger charge is -2.40. The average Bonchev–Trinajstić information content (AvgIpc) is 2.63. The number of ether oxygens (including phenoxy) is 1. The summed E-state index contributed by atoms with van der Waals surface area (Å²) in [6.07, 6.45) is 1.11. The Morgan fingerprint density at radius 1 is 0.889 bits per heavy atom. The van der Waals surface area contributed by atoms with Crippen LogP contribution in [0.25, 0.3) is 0 Å². The standard InChI is InChI=1S/C30H56O4Si2/c1-22(2)21-32-26(31)20-24-18-23(3)19-25(34-36(14,15)29(7,8)9)27(24)30(10,11)16-17-33-35(12,13)28(4,5)6/h18-19,22H,16-17,20-21H2,1-15H3. The van der Waals surface area contributed by atoms with E-state index in [0.717, 1.165) is 28.9 Å². The quantitative estimate of drug-likeness (QED) is 0.209. The monoisotopic (exact) mass is 536 g/mol. The second kappa shape index (κ2) is 11.7. The molecule has 0 saturated carbocycles. The van der Waals surface area contributed by atoms with Gasteiger partial charge in [-0.3, -0.25) is 4.79 Å². The molecule has 1 rings (SSSR count). The SMILES string of the molecule is Cc1cc(CC(=O)OCC(C)C)c(C(C)(C)CCO[Si](C)(C)C(C)(C)C)c(O[Si](C)(C)C(C)(C)C)c1. The Bertz CT molecular complexity index is 887. The molecule has 6 heteroatoms. The zero-order valence-electron chi connectivity index (χ0n) is 26.2. The van der Waals surface area contributed by atoms with Crippen LogP contribution in [0.1, 0.15) is 92.3 Å². The molecule has 0 radical (unpaired) electrons. The van der Waals surface area contributed by atoms with Gasteiger partial charge in [0.15, 0.2) is 8.32 Å². The van der Waals surface area contributed by atoms with Gasteiger partial charge in [0.1, 0.15) is 5.75 Å². The third-order valence-electron chi connectivity index (χ3n) is 8.08. The number of carbonyl (C=O) groups excluding carboxylic acids is 1. The van der Waals surface area contributed by atoms with Gasteiger partial charge in [0.05, 0.1) is 13.0 Å². The van der Waals surface area contributed by atoms with Crippen LogP contribution in [0.3, 0.4) is 0 Å². The van der Waals surface area contributed by atoms with Crippen LogP contribution in [0, 0.1) is 12.8 Å². The van der Waals surface area contributed by atoms with Gasteiger partial charge in [0.25, 0.3) is 0 Å². The third-order valence-corrected chi connectivity index (χ3v) is 17.0. The topological polar surface area (TPSA) is 44.8 Å². The molecule has 4 nitrogen and oxygen atoms in total. The summed E-state index contributed by atoms with van der Waals surface area (Å²) in [6, 6.07) is 4.30. The minimum atomic E-state index is -2.10. The van der Waals surface area contributed by atoms with Crippen LogP contribution in [0.5, 0.6) is 5.75 Å². The molecule has 0 aliphatic rings. The highest BCUT2D eigenvalue weighted by molar-refractivity contribution is 6.75. The Labute approximate surface area is 225 Å². The molecule has 0 aromatic heterocycles. The lowest BCUT2D eigenvalue weighted by Crippen LogP contribution is -2.44. The van der Waals surface area contributed by atoms with Gasteiger partial charge in [-0.15, -0.1) is 0 Å². The van der Waals surface area contributed by atoms with Crippen molar-refractivity contribution in [3.05, 3.63) is 28.8 Å². The molecule has 1 aromatic carbocycles. The van der Waals surface area contributed by atoms with E-state index >= 15 is 0 Å². The van der Waals surface area contributed by atoms with E-state index in [0.29, 0.717) is 19.1 Å². The van der Waals surface area contributed by atoms with Gasteiger partial charge in [0.2, 0.25) is 8.32 Å². The summed E-state index contributed by atoms with van der Waals surface area (Å²) in [6.45, 7) is 34.6. The second-order valence-corrected chi connectivity index (χ2v) is 24.2. The molecule has 0 spiro atoms. The van der Waals surface area contributed by atoms with Crippen molar-refractivity contribution in [1.82, 2.24) is 0 Å². The van der Waals surface area contributed by atoms with Crippen LogP contribution < -0.4 is 4.43 Å². The second-order valence-electron chi connectivity index (χ2n) is 14.7. The number of esters is 1. The van der Waals surface area contributed by atoms with E-state index < -0.39 is 16.6 Å². The molecular weight excluding hydrogens is 480 g/mol. The van der Waals surface area contributed by atoms with Crippen LogP contribution in [0.4, 0.5) is 0 Å². The van der Waals surface area contributed by atoms with Crippen molar-refractivity contribution >= 4 is 22.6 Å². The minimum Gasteiger partial charge on any atom is -0.543 e. The van der Waals surface area contributed by atoms with E-state index in [-0.39, 0.29) is 27.9 Å². The summed E-state index contributed by atoms with van der Waals surface area (Å²) in [5.74, 6) is 1.06. The van der Waals surface area contributed by atoms with E-state index in [1.807, 2.05) is 0 Å². The zero-order valence-corrected chi connectivity index (χ0v) is 28.2. The first-order valence-electron chi connectivity index (χ1n) is 13.6. The van der Waals surface area contributed by atoms with Crippen molar-refractivity contribution < 1.29 is 18.4 Å². The molecular formula is C30H56O4Si2. The smallest absolute Gasteiger partial charge is 0.310 e. The number of benzene rings is 1. The summed E-state index contributed by atoms with van der Waals surface area (Å²) in [7, 11) is -3.95. The van der Waals surface area contributed by atoms with Crippen LogP contribution in [-0.2, 0) is 25.8 Å². The van der Waals surface area contributed by atoms with Gasteiger partial charge in [-0.25, -0.2) is 0 Å². The lowest BCUT2D eigenvalue weighted by molar-refractivity contribution is -0.143. The molecule has 0 heterocycles. The first-order valence-corrected chi connectivity index (χ1v) is 19.4. The largest absolute Gasteiger partial charge is 0.543 e. The molecule has 0 fully saturated rings. The first kappa shape index (κ1) is 32.9.